The van der Waals surface area contributed by atoms with E-state index < -0.39 is 6.10 Å². The Morgan fingerprint density at radius 1 is 1.26 bits per heavy atom. The zero-order chi connectivity index (χ0) is 20.4. The minimum atomic E-state index is -0.620. The van der Waals surface area contributed by atoms with E-state index in [4.69, 9.17) is 6.11 Å². The molecule has 27 heavy (non-hydrogen) atoms. The maximum Gasteiger partial charge on any atom is 0.307 e. The smallest absolute Gasteiger partial charge is 0.307 e. The lowest BCUT2D eigenvalue weighted by atomic mass is 9.48. The Bertz CT molecular complexity index is 771. The molecule has 0 aromatic rings. The maximum atomic E-state index is 12.4. The van der Waals surface area contributed by atoms with Crippen LogP contribution in [0.1, 0.15) is 67.6 Å². The molecule has 0 amide bonds. The number of rotatable bonds is 2. The van der Waals surface area contributed by atoms with Gasteiger partial charge in [-0.3, -0.25) is 9.59 Å². The summed E-state index contributed by atoms with van der Waals surface area (Å²) < 4.78 is 14.2. The zero-order valence-electron chi connectivity index (χ0n) is 17.8. The maximum absolute atomic E-state index is 12.4. The Kier molecular flexibility index (Phi) is 4.12. The summed E-state index contributed by atoms with van der Waals surface area (Å²) in [5.41, 5.74) is 0.675. The Morgan fingerprint density at radius 3 is 2.67 bits per heavy atom. The van der Waals surface area contributed by atoms with Gasteiger partial charge in [0.15, 0.2) is 0 Å². The molecule has 0 radical (unpaired) electrons. The van der Waals surface area contributed by atoms with E-state index in [0.29, 0.717) is 29.9 Å². The second kappa shape index (κ2) is 6.30. The predicted octanol–water partition coefficient (Wildman–Crippen LogP) is 4.18. The molecule has 0 saturated heterocycles. The van der Waals surface area contributed by atoms with Crippen LogP contribution >= 0.6 is 0 Å². The lowest BCUT2D eigenvalue weighted by Gasteiger charge is -2.57. The molecule has 0 heterocycles. The molecule has 148 valence electrons. The average molecular weight is 374 g/mol. The molecule has 2 saturated carbocycles. The van der Waals surface area contributed by atoms with Gasteiger partial charge in [0.2, 0.25) is 0 Å². The van der Waals surface area contributed by atoms with Crippen molar-refractivity contribution < 1.29 is 20.8 Å². The summed E-state index contributed by atoms with van der Waals surface area (Å²) in [5.74, 6) is 1.23. The van der Waals surface area contributed by atoms with Crippen molar-refractivity contribution in [2.75, 3.05) is 0 Å². The van der Waals surface area contributed by atoms with Crippen LogP contribution in [0.3, 0.4) is 0 Å². The predicted molar refractivity (Wildman–Crippen MR) is 102 cm³/mol. The van der Waals surface area contributed by atoms with Crippen molar-refractivity contribution in [2.45, 2.75) is 72.3 Å². The summed E-state index contributed by atoms with van der Waals surface area (Å²) in [7, 11) is 0. The summed E-state index contributed by atoms with van der Waals surface area (Å²) >= 11 is 0. The number of esters is 1. The van der Waals surface area contributed by atoms with Crippen LogP contribution in [0.5, 0.6) is 0 Å². The van der Waals surface area contributed by atoms with E-state index in [1.165, 1.54) is 12.5 Å². The second-order valence-electron chi connectivity index (χ2n) is 9.54. The van der Waals surface area contributed by atoms with Crippen LogP contribution in [0, 0.1) is 34.5 Å². The highest BCUT2D eigenvalue weighted by atomic mass is 16.5. The van der Waals surface area contributed by atoms with Crippen molar-refractivity contribution >= 4 is 11.8 Å². The van der Waals surface area contributed by atoms with Crippen LogP contribution in [0.15, 0.2) is 23.5 Å². The molecule has 0 aromatic heterocycles. The molecule has 0 aromatic carbocycles. The van der Waals surface area contributed by atoms with Gasteiger partial charge >= 0.3 is 5.97 Å². The van der Waals surface area contributed by atoms with Crippen LogP contribution in [0.25, 0.3) is 0 Å². The second-order valence-corrected chi connectivity index (χ2v) is 9.54. The highest BCUT2D eigenvalue weighted by Gasteiger charge is 2.60. The van der Waals surface area contributed by atoms with Gasteiger partial charge in [-0.2, -0.15) is 0 Å². The van der Waals surface area contributed by atoms with Crippen molar-refractivity contribution in [3.05, 3.63) is 23.5 Å². The van der Waals surface area contributed by atoms with E-state index in [2.05, 4.69) is 19.9 Å². The van der Waals surface area contributed by atoms with Gasteiger partial charge in [0.25, 0.3) is 0 Å². The van der Waals surface area contributed by atoms with Gasteiger partial charge < -0.3 is 9.84 Å². The first kappa shape index (κ1) is 17.7. The number of Topliss-reactive ketones (excluding diaryl/α,β-unsaturated/α-hetero) is 1. The molecule has 0 bridgehead atoms. The Morgan fingerprint density at radius 2 is 2.00 bits per heavy atom. The van der Waals surface area contributed by atoms with E-state index in [9.17, 15) is 14.7 Å². The number of ether oxygens (including phenoxy) is 1. The van der Waals surface area contributed by atoms with Crippen molar-refractivity contribution in [3.8, 4) is 0 Å². The van der Waals surface area contributed by atoms with E-state index >= 15 is 0 Å². The lowest BCUT2D eigenvalue weighted by molar-refractivity contribution is -0.141. The van der Waals surface area contributed by atoms with Gasteiger partial charge in [0.05, 0.1) is 6.10 Å². The van der Waals surface area contributed by atoms with Crippen molar-refractivity contribution in [1.29, 1.82) is 0 Å². The number of aliphatic hydroxyl groups is 1. The normalized spacial score (nSPS) is 49.0. The third kappa shape index (κ3) is 2.66. The standard InChI is InChI=1S/C23H32O4/c1-13(24)18-7-8-19-17-6-5-15-11-16(26)12-21(27-14(2)25)23(15,4)20(17)9-10-22(18,19)3/h5,12,16-20,26H,6-11H2,1-4H3/t16-,17?,18+,19?,20?,22+,23-/m0/s1/i7D/t7?,16-,17?,18+,19?,20?,22+,23-. The fourth-order valence-corrected chi connectivity index (χ4v) is 6.98. The number of carbonyl (C=O) groups excluding carboxylic acids is 2. The Labute approximate surface area is 163 Å². The molecular weight excluding hydrogens is 340 g/mol. The van der Waals surface area contributed by atoms with Crippen LogP contribution in [0.2, 0.25) is 0 Å². The molecule has 2 fully saturated rings. The Balaban J connectivity index is 1.74. The summed E-state index contributed by atoms with van der Waals surface area (Å²) in [4.78, 5) is 24.1. The number of hydrogen-bond acceptors (Lipinski definition) is 4. The van der Waals surface area contributed by atoms with E-state index in [1.54, 1.807) is 13.0 Å². The number of hydrogen-bond donors (Lipinski definition) is 1. The minimum absolute atomic E-state index is 0.111. The fraction of sp³-hybridized carbons (Fsp3) is 0.739. The summed E-state index contributed by atoms with van der Waals surface area (Å²) in [6.45, 7) is 7.44. The van der Waals surface area contributed by atoms with Gasteiger partial charge in [-0.05, 0) is 81.6 Å². The molecule has 1 N–H and O–H groups in total. The van der Waals surface area contributed by atoms with Gasteiger partial charge in [0, 0.05) is 19.6 Å². The van der Waals surface area contributed by atoms with Crippen molar-refractivity contribution in [2.24, 2.45) is 34.5 Å². The van der Waals surface area contributed by atoms with Crippen LogP contribution in [-0.2, 0) is 14.3 Å². The SMILES string of the molecule is [2H]C1CC2C3CC=C4C[C@H](O)C=C(OC(C)=O)[C@]4(C)C3CC[C@]2(C)[C@H]1C(C)=O. The molecule has 4 aliphatic rings. The molecule has 0 aliphatic heterocycles. The minimum Gasteiger partial charge on any atom is -0.431 e. The van der Waals surface area contributed by atoms with Gasteiger partial charge in [-0.25, -0.2) is 0 Å². The number of aliphatic hydroxyl groups excluding tert-OH is 1. The van der Waals surface area contributed by atoms with E-state index in [-0.39, 0.29) is 34.9 Å². The van der Waals surface area contributed by atoms with Gasteiger partial charge in [-0.1, -0.05) is 18.6 Å². The highest BCUT2D eigenvalue weighted by Crippen LogP contribution is 2.66. The zero-order valence-corrected chi connectivity index (χ0v) is 16.8. The lowest BCUT2D eigenvalue weighted by Crippen LogP contribution is -2.51. The average Bonchev–Trinajstić information content (AvgIpc) is 2.86. The topological polar surface area (TPSA) is 63.6 Å². The summed E-state index contributed by atoms with van der Waals surface area (Å²) in [6.07, 6.45) is 7.19. The van der Waals surface area contributed by atoms with Crippen molar-refractivity contribution in [3.63, 3.8) is 0 Å². The molecule has 4 heteroatoms. The number of carbonyl (C=O) groups is 2. The monoisotopic (exact) mass is 373 g/mol. The Hall–Kier alpha value is -1.42. The quantitative estimate of drug-likeness (QED) is 0.582. The third-order valence-corrected chi connectivity index (χ3v) is 8.23. The molecule has 8 atom stereocenters. The first-order chi connectivity index (χ1) is 13.1. The molecule has 4 rings (SSSR count). The first-order valence-corrected chi connectivity index (χ1v) is 10.3. The van der Waals surface area contributed by atoms with E-state index in [1.807, 2.05) is 0 Å². The van der Waals surface area contributed by atoms with Crippen molar-refractivity contribution in [1.82, 2.24) is 0 Å². The van der Waals surface area contributed by atoms with Crippen LogP contribution in [0.4, 0.5) is 0 Å². The molecule has 4 aliphatic carbocycles. The highest BCUT2D eigenvalue weighted by molar-refractivity contribution is 5.79. The molecule has 0 spiro atoms. The third-order valence-electron chi connectivity index (χ3n) is 8.23. The number of ketones is 1. The van der Waals surface area contributed by atoms with Gasteiger partial charge in [-0.15, -0.1) is 0 Å². The first-order valence-electron chi connectivity index (χ1n) is 10.9. The molecule has 4 unspecified atom stereocenters. The summed E-state index contributed by atoms with van der Waals surface area (Å²) in [6, 6.07) is 0. The summed E-state index contributed by atoms with van der Waals surface area (Å²) in [5, 5.41) is 10.3. The number of allylic oxidation sites excluding steroid dienone is 2. The van der Waals surface area contributed by atoms with E-state index in [0.717, 1.165) is 25.7 Å². The largest absolute Gasteiger partial charge is 0.431 e. The van der Waals surface area contributed by atoms with Gasteiger partial charge in [0.1, 0.15) is 11.5 Å². The fourth-order valence-electron chi connectivity index (χ4n) is 6.98. The molecular formula is C23H32O4. The number of fused-ring (bicyclic) bond motifs is 5. The molecule has 4 nitrogen and oxygen atoms in total. The van der Waals surface area contributed by atoms with Crippen LogP contribution in [-0.4, -0.2) is 23.0 Å². The van der Waals surface area contributed by atoms with Crippen LogP contribution < -0.4 is 0 Å².